The zero-order valence-electron chi connectivity index (χ0n) is 16.5. The van der Waals surface area contributed by atoms with E-state index in [9.17, 15) is 4.79 Å². The van der Waals surface area contributed by atoms with Crippen molar-refractivity contribution in [3.8, 4) is 23.0 Å². The molecule has 2 rings (SSSR count). The summed E-state index contributed by atoms with van der Waals surface area (Å²) >= 11 is 0. The van der Waals surface area contributed by atoms with Gasteiger partial charge < -0.3 is 19.5 Å². The quantitative estimate of drug-likeness (QED) is 0.606. The van der Waals surface area contributed by atoms with Gasteiger partial charge in [0.05, 0.1) is 7.11 Å². The van der Waals surface area contributed by atoms with Gasteiger partial charge >= 0.3 is 6.09 Å². The summed E-state index contributed by atoms with van der Waals surface area (Å²) in [5.41, 5.74) is 0. The van der Waals surface area contributed by atoms with Gasteiger partial charge in [0.15, 0.2) is 0 Å². The number of hydrogen-bond acceptors (Lipinski definition) is 4. The monoisotopic (exact) mass is 371 g/mol. The first-order valence-corrected chi connectivity index (χ1v) is 9.36. The van der Waals surface area contributed by atoms with E-state index in [1.807, 2.05) is 31.2 Å². The van der Waals surface area contributed by atoms with Crippen LogP contribution in [0.2, 0.25) is 0 Å². The van der Waals surface area contributed by atoms with Gasteiger partial charge in [0.2, 0.25) is 0 Å². The molecule has 0 aromatic heterocycles. The molecule has 5 nitrogen and oxygen atoms in total. The molecule has 27 heavy (non-hydrogen) atoms. The lowest BCUT2D eigenvalue weighted by Gasteiger charge is -2.14. The van der Waals surface area contributed by atoms with E-state index in [2.05, 4.69) is 19.2 Å². The summed E-state index contributed by atoms with van der Waals surface area (Å²) in [6.45, 7) is 6.40. The van der Waals surface area contributed by atoms with E-state index >= 15 is 0 Å². The molecule has 0 heterocycles. The van der Waals surface area contributed by atoms with Crippen LogP contribution in [-0.4, -0.2) is 19.2 Å². The van der Waals surface area contributed by atoms with Gasteiger partial charge in [0.1, 0.15) is 23.0 Å². The second-order valence-electron chi connectivity index (χ2n) is 7.01. The smallest absolute Gasteiger partial charge is 0.412 e. The van der Waals surface area contributed by atoms with Crippen molar-refractivity contribution in [1.82, 2.24) is 5.32 Å². The fraction of sp³-hybridized carbons (Fsp3) is 0.409. The van der Waals surface area contributed by atoms with Gasteiger partial charge in [0, 0.05) is 6.04 Å². The molecule has 5 heteroatoms. The Morgan fingerprint density at radius 2 is 1.37 bits per heavy atom. The summed E-state index contributed by atoms with van der Waals surface area (Å²) in [7, 11) is 1.62. The van der Waals surface area contributed by atoms with Crippen LogP contribution in [0.3, 0.4) is 0 Å². The average molecular weight is 371 g/mol. The first-order chi connectivity index (χ1) is 13.0. The third kappa shape index (κ3) is 7.60. The molecular weight excluding hydrogens is 342 g/mol. The normalized spacial score (nSPS) is 11.7. The van der Waals surface area contributed by atoms with Crippen LogP contribution in [-0.2, 0) is 0 Å². The zero-order chi connectivity index (χ0) is 19.6. The largest absolute Gasteiger partial charge is 0.497 e. The Balaban J connectivity index is 1.79. The molecule has 1 atom stereocenters. The van der Waals surface area contributed by atoms with Gasteiger partial charge in [0.25, 0.3) is 0 Å². The molecular formula is C22H29NO4. The number of hydrogen-bond donors (Lipinski definition) is 1. The molecule has 0 saturated heterocycles. The molecule has 0 bridgehead atoms. The lowest BCUT2D eigenvalue weighted by molar-refractivity contribution is 0.196. The van der Waals surface area contributed by atoms with Crippen molar-refractivity contribution in [2.45, 2.75) is 46.1 Å². The van der Waals surface area contributed by atoms with E-state index < -0.39 is 6.09 Å². The Morgan fingerprint density at radius 3 is 1.89 bits per heavy atom. The summed E-state index contributed by atoms with van der Waals surface area (Å²) in [5.74, 6) is 3.30. The first kappa shape index (κ1) is 20.6. The molecule has 0 spiro atoms. The van der Waals surface area contributed by atoms with Crippen molar-refractivity contribution < 1.29 is 19.0 Å². The second kappa shape index (κ2) is 10.5. The van der Waals surface area contributed by atoms with Crippen LogP contribution in [0.15, 0.2) is 48.5 Å². The standard InChI is InChI=1S/C22H29NO4/c1-16(2)6-5-7-17(3)23-22(24)27-21-14-12-20(13-15-21)26-19-10-8-18(25-4)9-11-19/h8-17H,5-7H2,1-4H3,(H,23,24). The summed E-state index contributed by atoms with van der Waals surface area (Å²) in [4.78, 5) is 12.0. The number of carbonyl (C=O) groups excluding carboxylic acids is 1. The number of ether oxygens (including phenoxy) is 3. The predicted molar refractivity (Wildman–Crippen MR) is 107 cm³/mol. The highest BCUT2D eigenvalue weighted by Crippen LogP contribution is 2.25. The van der Waals surface area contributed by atoms with Crippen molar-refractivity contribution in [2.24, 2.45) is 5.92 Å². The zero-order valence-corrected chi connectivity index (χ0v) is 16.5. The Morgan fingerprint density at radius 1 is 0.852 bits per heavy atom. The van der Waals surface area contributed by atoms with Crippen molar-refractivity contribution in [2.75, 3.05) is 7.11 Å². The van der Waals surface area contributed by atoms with Crippen LogP contribution in [0, 0.1) is 5.92 Å². The van der Waals surface area contributed by atoms with Gasteiger partial charge in [-0.15, -0.1) is 0 Å². The Bertz CT molecular complexity index is 695. The van der Waals surface area contributed by atoms with E-state index in [0.29, 0.717) is 23.2 Å². The molecule has 2 aromatic rings. The van der Waals surface area contributed by atoms with Gasteiger partial charge in [-0.1, -0.05) is 26.7 Å². The Labute approximate surface area is 161 Å². The van der Waals surface area contributed by atoms with Crippen molar-refractivity contribution >= 4 is 6.09 Å². The fourth-order valence-electron chi connectivity index (χ4n) is 2.60. The lowest BCUT2D eigenvalue weighted by Crippen LogP contribution is -2.34. The average Bonchev–Trinajstić information content (AvgIpc) is 2.63. The molecule has 0 radical (unpaired) electrons. The van der Waals surface area contributed by atoms with Crippen LogP contribution < -0.4 is 19.5 Å². The molecule has 0 fully saturated rings. The van der Waals surface area contributed by atoms with Gasteiger partial charge in [-0.05, 0) is 67.8 Å². The Hall–Kier alpha value is -2.69. The van der Waals surface area contributed by atoms with E-state index in [0.717, 1.165) is 25.0 Å². The maximum atomic E-state index is 12.0. The van der Waals surface area contributed by atoms with Crippen LogP contribution >= 0.6 is 0 Å². The van der Waals surface area contributed by atoms with E-state index in [-0.39, 0.29) is 6.04 Å². The number of rotatable bonds is 9. The van der Waals surface area contributed by atoms with Crippen LogP contribution in [0.1, 0.15) is 40.0 Å². The molecule has 1 N–H and O–H groups in total. The highest BCUT2D eigenvalue weighted by molar-refractivity contribution is 5.70. The molecule has 146 valence electrons. The van der Waals surface area contributed by atoms with Crippen molar-refractivity contribution in [3.63, 3.8) is 0 Å². The number of nitrogens with one attached hydrogen (secondary N) is 1. The SMILES string of the molecule is COc1ccc(Oc2ccc(OC(=O)NC(C)CCCC(C)C)cc2)cc1. The summed E-state index contributed by atoms with van der Waals surface area (Å²) < 4.78 is 16.2. The minimum absolute atomic E-state index is 0.0916. The number of methoxy groups -OCH3 is 1. The van der Waals surface area contributed by atoms with Crippen LogP contribution in [0.4, 0.5) is 4.79 Å². The molecule has 1 amide bonds. The molecule has 0 aliphatic heterocycles. The fourth-order valence-corrected chi connectivity index (χ4v) is 2.60. The Kier molecular flexibility index (Phi) is 7.99. The van der Waals surface area contributed by atoms with Gasteiger partial charge in [-0.2, -0.15) is 0 Å². The van der Waals surface area contributed by atoms with E-state index in [4.69, 9.17) is 14.2 Å². The number of carbonyl (C=O) groups is 1. The predicted octanol–water partition coefficient (Wildman–Crippen LogP) is 5.79. The first-order valence-electron chi connectivity index (χ1n) is 9.36. The minimum Gasteiger partial charge on any atom is -0.497 e. The van der Waals surface area contributed by atoms with Crippen molar-refractivity contribution in [3.05, 3.63) is 48.5 Å². The second-order valence-corrected chi connectivity index (χ2v) is 7.01. The number of benzene rings is 2. The minimum atomic E-state index is -0.434. The highest BCUT2D eigenvalue weighted by Gasteiger charge is 2.10. The molecule has 2 aromatic carbocycles. The summed E-state index contributed by atoms with van der Waals surface area (Å²) in [6, 6.07) is 14.4. The van der Waals surface area contributed by atoms with Crippen molar-refractivity contribution in [1.29, 1.82) is 0 Å². The molecule has 1 unspecified atom stereocenters. The highest BCUT2D eigenvalue weighted by atomic mass is 16.6. The topological polar surface area (TPSA) is 56.8 Å². The lowest BCUT2D eigenvalue weighted by atomic mass is 10.0. The molecule has 0 aliphatic carbocycles. The maximum Gasteiger partial charge on any atom is 0.412 e. The molecule has 0 aliphatic rings. The van der Waals surface area contributed by atoms with Gasteiger partial charge in [-0.25, -0.2) is 4.79 Å². The van der Waals surface area contributed by atoms with Crippen LogP contribution in [0.25, 0.3) is 0 Å². The summed E-state index contributed by atoms with van der Waals surface area (Å²) in [6.07, 6.45) is 2.77. The van der Waals surface area contributed by atoms with E-state index in [1.54, 1.807) is 31.4 Å². The molecule has 0 saturated carbocycles. The van der Waals surface area contributed by atoms with Gasteiger partial charge in [-0.3, -0.25) is 0 Å². The third-order valence-corrected chi connectivity index (χ3v) is 4.11. The number of amides is 1. The third-order valence-electron chi connectivity index (χ3n) is 4.11. The summed E-state index contributed by atoms with van der Waals surface area (Å²) in [5, 5.41) is 2.86. The van der Waals surface area contributed by atoms with E-state index in [1.165, 1.54) is 0 Å². The van der Waals surface area contributed by atoms with Crippen LogP contribution in [0.5, 0.6) is 23.0 Å². The maximum absolute atomic E-state index is 12.0.